The third kappa shape index (κ3) is 3.87. The molecule has 0 fully saturated rings. The van der Waals surface area contributed by atoms with Crippen molar-refractivity contribution in [1.82, 2.24) is 4.98 Å². The molecule has 0 aliphatic carbocycles. The van der Waals surface area contributed by atoms with E-state index in [9.17, 15) is 4.79 Å². The molecule has 1 aromatic heterocycles. The van der Waals surface area contributed by atoms with Crippen LogP contribution < -0.4 is 11.1 Å². The Morgan fingerprint density at radius 2 is 1.90 bits per heavy atom. The van der Waals surface area contributed by atoms with Crippen molar-refractivity contribution in [3.8, 4) is 0 Å². The lowest BCUT2D eigenvalue weighted by molar-refractivity contribution is 0.102. The number of thiocarbonyl (C=S) groups is 1. The number of benzene rings is 1. The van der Waals surface area contributed by atoms with Gasteiger partial charge in [0.1, 0.15) is 10.7 Å². The fraction of sp³-hybridized carbons (Fsp3) is 0.0714. The molecular weight excluding hydrogens is 418 g/mol. The summed E-state index contributed by atoms with van der Waals surface area (Å²) in [5.74, 6) is -0.310. The van der Waals surface area contributed by atoms with Crippen molar-refractivity contribution in [2.75, 3.05) is 5.32 Å². The van der Waals surface area contributed by atoms with Gasteiger partial charge in [-0.15, -0.1) is 0 Å². The maximum Gasteiger partial charge on any atom is 0.274 e. The Morgan fingerprint density at radius 3 is 2.38 bits per heavy atom. The van der Waals surface area contributed by atoms with Crippen molar-refractivity contribution in [3.05, 3.63) is 56.2 Å². The topological polar surface area (TPSA) is 68.0 Å². The molecular formula is C14H11Br2N3OS. The highest BCUT2D eigenvalue weighted by molar-refractivity contribution is 9.11. The van der Waals surface area contributed by atoms with E-state index in [1.54, 1.807) is 12.1 Å². The molecule has 2 rings (SSSR count). The average molecular weight is 429 g/mol. The number of hydrogen-bond donors (Lipinski definition) is 2. The van der Waals surface area contributed by atoms with E-state index in [2.05, 4.69) is 42.2 Å². The maximum atomic E-state index is 12.2. The number of nitrogens with zero attached hydrogens (tertiary/aromatic N) is 1. The molecule has 0 atom stereocenters. The van der Waals surface area contributed by atoms with Gasteiger partial charge < -0.3 is 11.1 Å². The Balaban J connectivity index is 2.24. The van der Waals surface area contributed by atoms with Crippen LogP contribution in [0.5, 0.6) is 0 Å². The second-order valence-corrected chi connectivity index (χ2v) is 6.50. The normalized spacial score (nSPS) is 10.2. The summed E-state index contributed by atoms with van der Waals surface area (Å²) in [7, 11) is 0. The number of pyridine rings is 1. The highest BCUT2D eigenvalue weighted by atomic mass is 79.9. The summed E-state index contributed by atoms with van der Waals surface area (Å²) in [5.41, 5.74) is 8.14. The van der Waals surface area contributed by atoms with Crippen LogP contribution in [0.4, 0.5) is 5.69 Å². The van der Waals surface area contributed by atoms with E-state index >= 15 is 0 Å². The number of anilines is 1. The van der Waals surface area contributed by atoms with Crippen molar-refractivity contribution in [3.63, 3.8) is 0 Å². The van der Waals surface area contributed by atoms with Crippen LogP contribution in [0.25, 0.3) is 0 Å². The number of halogens is 2. The van der Waals surface area contributed by atoms with Gasteiger partial charge in [-0.2, -0.15) is 0 Å². The number of hydrogen-bond acceptors (Lipinski definition) is 3. The number of aromatic nitrogens is 1. The van der Waals surface area contributed by atoms with Crippen LogP contribution in [0, 0.1) is 6.92 Å². The zero-order chi connectivity index (χ0) is 15.6. The number of amides is 1. The summed E-state index contributed by atoms with van der Waals surface area (Å²) in [5, 5.41) is 2.81. The molecule has 0 saturated heterocycles. The minimum Gasteiger partial charge on any atom is -0.389 e. The first-order chi connectivity index (χ1) is 9.88. The van der Waals surface area contributed by atoms with Crippen LogP contribution in [0.3, 0.4) is 0 Å². The molecule has 7 heteroatoms. The van der Waals surface area contributed by atoms with Crippen LogP contribution >= 0.6 is 44.1 Å². The van der Waals surface area contributed by atoms with Gasteiger partial charge in [-0.1, -0.05) is 12.2 Å². The number of carbonyl (C=O) groups is 1. The molecule has 0 unspecified atom stereocenters. The van der Waals surface area contributed by atoms with Crippen LogP contribution in [-0.4, -0.2) is 15.9 Å². The van der Waals surface area contributed by atoms with Crippen molar-refractivity contribution < 1.29 is 4.79 Å². The van der Waals surface area contributed by atoms with Crippen LogP contribution in [0.1, 0.15) is 21.6 Å². The molecule has 0 bridgehead atoms. The third-order valence-corrected chi connectivity index (χ3v) is 4.19. The predicted octanol–water partition coefficient (Wildman–Crippen LogP) is 3.80. The van der Waals surface area contributed by atoms with Gasteiger partial charge in [0.2, 0.25) is 0 Å². The van der Waals surface area contributed by atoms with E-state index < -0.39 is 0 Å². The molecule has 0 aliphatic rings. The van der Waals surface area contributed by atoms with Gasteiger partial charge in [0.15, 0.2) is 0 Å². The SMILES string of the molecule is Cc1cc(Br)c(NC(=O)c2ccc(C(N)=S)cn2)c(Br)c1. The van der Waals surface area contributed by atoms with Gasteiger partial charge in [-0.05, 0) is 68.6 Å². The zero-order valence-corrected chi connectivity index (χ0v) is 15.0. The molecule has 0 aliphatic heterocycles. The molecule has 1 amide bonds. The standard InChI is InChI=1S/C14H11Br2N3OS/c1-7-4-9(15)12(10(16)5-7)19-14(20)11-3-2-8(6-18-11)13(17)21/h2-6H,1H3,(H2,17,21)(H,19,20). The van der Waals surface area contributed by atoms with E-state index in [1.165, 1.54) is 6.20 Å². The second kappa shape index (κ2) is 6.64. The number of nitrogens with two attached hydrogens (primary N) is 1. The first kappa shape index (κ1) is 16.1. The molecule has 0 saturated carbocycles. The third-order valence-electron chi connectivity index (χ3n) is 2.71. The average Bonchev–Trinajstić information content (AvgIpc) is 2.42. The lowest BCUT2D eigenvalue weighted by atomic mass is 10.2. The number of nitrogens with one attached hydrogen (secondary N) is 1. The minimum atomic E-state index is -0.310. The first-order valence-electron chi connectivity index (χ1n) is 5.91. The summed E-state index contributed by atoms with van der Waals surface area (Å²) >= 11 is 11.7. The van der Waals surface area contributed by atoms with E-state index in [-0.39, 0.29) is 16.6 Å². The monoisotopic (exact) mass is 427 g/mol. The van der Waals surface area contributed by atoms with Crippen molar-refractivity contribution in [1.29, 1.82) is 0 Å². The van der Waals surface area contributed by atoms with Crippen molar-refractivity contribution in [2.24, 2.45) is 5.73 Å². The van der Waals surface area contributed by atoms with Gasteiger partial charge in [0, 0.05) is 20.7 Å². The zero-order valence-electron chi connectivity index (χ0n) is 11.0. The van der Waals surface area contributed by atoms with Gasteiger partial charge in [0.25, 0.3) is 5.91 Å². The fourth-order valence-corrected chi connectivity index (χ4v) is 3.41. The van der Waals surface area contributed by atoms with Gasteiger partial charge in [-0.25, -0.2) is 0 Å². The second-order valence-electron chi connectivity index (χ2n) is 4.35. The quantitative estimate of drug-likeness (QED) is 0.729. The molecule has 0 radical (unpaired) electrons. The predicted molar refractivity (Wildman–Crippen MR) is 94.7 cm³/mol. The highest BCUT2D eigenvalue weighted by Crippen LogP contribution is 2.32. The van der Waals surface area contributed by atoms with Crippen molar-refractivity contribution >= 4 is 60.7 Å². The molecule has 21 heavy (non-hydrogen) atoms. The fourth-order valence-electron chi connectivity index (χ4n) is 1.67. The Kier molecular flexibility index (Phi) is 5.08. The van der Waals surface area contributed by atoms with Gasteiger partial charge >= 0.3 is 0 Å². The van der Waals surface area contributed by atoms with E-state index in [0.717, 1.165) is 14.5 Å². The van der Waals surface area contributed by atoms with E-state index in [4.69, 9.17) is 18.0 Å². The molecule has 1 heterocycles. The first-order valence-corrected chi connectivity index (χ1v) is 7.90. The molecule has 0 spiro atoms. The Morgan fingerprint density at radius 1 is 1.29 bits per heavy atom. The smallest absolute Gasteiger partial charge is 0.274 e. The maximum absolute atomic E-state index is 12.2. The highest BCUT2D eigenvalue weighted by Gasteiger charge is 2.13. The molecule has 3 N–H and O–H groups in total. The Bertz CT molecular complexity index is 694. The molecule has 1 aromatic carbocycles. The van der Waals surface area contributed by atoms with Crippen molar-refractivity contribution in [2.45, 2.75) is 6.92 Å². The summed E-state index contributed by atoms with van der Waals surface area (Å²) < 4.78 is 1.59. The summed E-state index contributed by atoms with van der Waals surface area (Å²) in [6.07, 6.45) is 1.48. The van der Waals surface area contributed by atoms with Gasteiger partial charge in [0.05, 0.1) is 5.69 Å². The van der Waals surface area contributed by atoms with Crippen LogP contribution in [0.15, 0.2) is 39.4 Å². The van der Waals surface area contributed by atoms with Crippen LogP contribution in [-0.2, 0) is 0 Å². The lowest BCUT2D eigenvalue weighted by Crippen LogP contribution is -2.16. The Labute approximate surface area is 144 Å². The molecule has 4 nitrogen and oxygen atoms in total. The summed E-state index contributed by atoms with van der Waals surface area (Å²) in [4.78, 5) is 16.5. The number of aryl methyl sites for hydroxylation is 1. The largest absolute Gasteiger partial charge is 0.389 e. The lowest BCUT2D eigenvalue weighted by Gasteiger charge is -2.10. The molecule has 2 aromatic rings. The van der Waals surface area contributed by atoms with Gasteiger partial charge in [-0.3, -0.25) is 9.78 Å². The molecule has 108 valence electrons. The Hall–Kier alpha value is -1.31. The number of rotatable bonds is 3. The van der Waals surface area contributed by atoms with Crippen LogP contribution in [0.2, 0.25) is 0 Å². The van der Waals surface area contributed by atoms with E-state index in [1.807, 2.05) is 19.1 Å². The van der Waals surface area contributed by atoms with E-state index in [0.29, 0.717) is 11.3 Å². The summed E-state index contributed by atoms with van der Waals surface area (Å²) in [6, 6.07) is 7.09. The number of carbonyl (C=O) groups excluding carboxylic acids is 1. The minimum absolute atomic E-state index is 0.249. The summed E-state index contributed by atoms with van der Waals surface area (Å²) in [6.45, 7) is 1.97.